The summed E-state index contributed by atoms with van der Waals surface area (Å²) < 4.78 is 39.7. The van der Waals surface area contributed by atoms with E-state index in [1.807, 2.05) is 12.1 Å². The van der Waals surface area contributed by atoms with Crippen molar-refractivity contribution in [3.63, 3.8) is 0 Å². The molecule has 0 saturated carbocycles. The molecule has 19 heavy (non-hydrogen) atoms. The molecule has 0 atom stereocenters. The van der Waals surface area contributed by atoms with Crippen LogP contribution >= 0.6 is 0 Å². The first-order valence-electron chi connectivity index (χ1n) is 5.58. The highest BCUT2D eigenvalue weighted by atomic mass is 19.4. The van der Waals surface area contributed by atoms with Gasteiger partial charge < -0.3 is 10.1 Å². The van der Waals surface area contributed by atoms with Gasteiger partial charge in [0, 0.05) is 12.2 Å². The highest BCUT2D eigenvalue weighted by Crippen LogP contribution is 2.22. The minimum Gasteiger partial charge on any atom is -0.406 e. The van der Waals surface area contributed by atoms with E-state index in [9.17, 15) is 13.2 Å². The van der Waals surface area contributed by atoms with Crippen LogP contribution in [0.4, 0.5) is 18.9 Å². The molecule has 5 heteroatoms. The second-order valence-electron chi connectivity index (χ2n) is 3.83. The van der Waals surface area contributed by atoms with E-state index in [0.29, 0.717) is 6.54 Å². The van der Waals surface area contributed by atoms with Crippen LogP contribution in [0.3, 0.4) is 0 Å². The van der Waals surface area contributed by atoms with Crippen LogP contribution in [0.5, 0.6) is 5.75 Å². The van der Waals surface area contributed by atoms with Crippen LogP contribution < -0.4 is 10.1 Å². The van der Waals surface area contributed by atoms with Crippen LogP contribution in [0.2, 0.25) is 0 Å². The van der Waals surface area contributed by atoms with Gasteiger partial charge in [-0.15, -0.1) is 13.2 Å². The van der Waals surface area contributed by atoms with Gasteiger partial charge in [0.25, 0.3) is 0 Å². The van der Waals surface area contributed by atoms with Crippen LogP contribution in [-0.2, 0) is 6.54 Å². The van der Waals surface area contributed by atoms with Gasteiger partial charge in [-0.05, 0) is 35.9 Å². The smallest absolute Gasteiger partial charge is 0.406 e. The normalized spacial score (nSPS) is 11.1. The summed E-state index contributed by atoms with van der Waals surface area (Å²) in [5.74, 6) is -0.217. The molecule has 0 aliphatic carbocycles. The van der Waals surface area contributed by atoms with E-state index in [1.54, 1.807) is 24.3 Å². The molecule has 0 bridgehead atoms. The van der Waals surface area contributed by atoms with Gasteiger partial charge in [-0.2, -0.15) is 0 Å². The molecule has 0 spiro atoms. The van der Waals surface area contributed by atoms with Crippen molar-refractivity contribution < 1.29 is 17.9 Å². The van der Waals surface area contributed by atoms with Crippen molar-refractivity contribution in [1.82, 2.24) is 0 Å². The van der Waals surface area contributed by atoms with E-state index in [4.69, 9.17) is 0 Å². The van der Waals surface area contributed by atoms with Gasteiger partial charge in [-0.25, -0.2) is 0 Å². The maximum Gasteiger partial charge on any atom is 0.573 e. The van der Waals surface area contributed by atoms with Gasteiger partial charge >= 0.3 is 6.36 Å². The Labute approximate surface area is 108 Å². The lowest BCUT2D eigenvalue weighted by Crippen LogP contribution is -2.17. The van der Waals surface area contributed by atoms with Crippen molar-refractivity contribution in [2.75, 3.05) is 5.32 Å². The fraction of sp³-hybridized carbons (Fsp3) is 0.143. The number of alkyl halides is 3. The van der Waals surface area contributed by atoms with Gasteiger partial charge in [-0.1, -0.05) is 24.3 Å². The average molecular weight is 266 g/mol. The summed E-state index contributed by atoms with van der Waals surface area (Å²) in [5, 5.41) is 3.15. The maximum absolute atomic E-state index is 12.0. The zero-order valence-corrected chi connectivity index (χ0v) is 9.87. The van der Waals surface area contributed by atoms with Crippen LogP contribution in [-0.4, -0.2) is 6.36 Å². The van der Waals surface area contributed by atoms with Crippen molar-refractivity contribution in [2.24, 2.45) is 0 Å². The third kappa shape index (κ3) is 4.54. The lowest BCUT2D eigenvalue weighted by molar-refractivity contribution is -0.274. The molecule has 2 aromatic rings. The summed E-state index contributed by atoms with van der Waals surface area (Å²) in [4.78, 5) is 0. The van der Waals surface area contributed by atoms with Crippen LogP contribution in [0.25, 0.3) is 0 Å². The Morgan fingerprint density at radius 3 is 2.21 bits per heavy atom. The summed E-state index contributed by atoms with van der Waals surface area (Å²) in [6, 6.07) is 15.9. The van der Waals surface area contributed by atoms with Gasteiger partial charge in [0.2, 0.25) is 0 Å². The van der Waals surface area contributed by atoms with E-state index in [-0.39, 0.29) is 5.75 Å². The lowest BCUT2D eigenvalue weighted by atomic mass is 10.2. The fourth-order valence-corrected chi connectivity index (χ4v) is 1.52. The minimum atomic E-state index is -4.65. The summed E-state index contributed by atoms with van der Waals surface area (Å²) >= 11 is 0. The van der Waals surface area contributed by atoms with Crippen molar-refractivity contribution in [2.45, 2.75) is 12.9 Å². The molecule has 99 valence electrons. The Morgan fingerprint density at radius 1 is 1.00 bits per heavy atom. The number of halogens is 3. The molecular weight excluding hydrogens is 255 g/mol. The number of rotatable bonds is 4. The van der Waals surface area contributed by atoms with Gasteiger partial charge in [-0.3, -0.25) is 0 Å². The van der Waals surface area contributed by atoms with Crippen molar-refractivity contribution >= 4 is 5.69 Å². The minimum absolute atomic E-state index is 0.217. The van der Waals surface area contributed by atoms with Crippen LogP contribution in [0, 0.1) is 6.07 Å². The Bertz CT molecular complexity index is 508. The third-order valence-corrected chi connectivity index (χ3v) is 2.37. The molecule has 0 saturated heterocycles. The molecule has 0 aromatic heterocycles. The first-order valence-corrected chi connectivity index (χ1v) is 5.58. The molecule has 0 heterocycles. The zero-order chi connectivity index (χ0) is 13.7. The summed E-state index contributed by atoms with van der Waals surface area (Å²) in [6.45, 7) is 0.524. The molecule has 2 rings (SSSR count). The molecule has 0 aliphatic rings. The predicted octanol–water partition coefficient (Wildman–Crippen LogP) is 4.00. The van der Waals surface area contributed by atoms with E-state index < -0.39 is 6.36 Å². The molecule has 0 fully saturated rings. The monoisotopic (exact) mass is 266 g/mol. The number of hydrogen-bond donors (Lipinski definition) is 1. The van der Waals surface area contributed by atoms with E-state index in [1.165, 1.54) is 12.1 Å². The summed E-state index contributed by atoms with van der Waals surface area (Å²) in [5.41, 5.74) is 1.79. The number of anilines is 1. The highest BCUT2D eigenvalue weighted by Gasteiger charge is 2.30. The Balaban J connectivity index is 1.92. The number of ether oxygens (including phenoxy) is 1. The molecule has 2 aromatic carbocycles. The second kappa shape index (κ2) is 5.65. The van der Waals surface area contributed by atoms with E-state index in [2.05, 4.69) is 16.1 Å². The standard InChI is InChI=1S/C14H11F3NO/c15-14(16,17)19-13-8-6-11(7-9-13)10-18-12-4-2-1-3-5-12/h2-9,18H,10H2. The lowest BCUT2D eigenvalue weighted by Gasteiger charge is -2.10. The van der Waals surface area contributed by atoms with E-state index in [0.717, 1.165) is 11.3 Å². The van der Waals surface area contributed by atoms with Crippen LogP contribution in [0.1, 0.15) is 5.56 Å². The first-order chi connectivity index (χ1) is 9.03. The van der Waals surface area contributed by atoms with Crippen molar-refractivity contribution in [3.8, 4) is 5.75 Å². The SMILES string of the molecule is FC(F)(F)Oc1ccc(CNc2cc[c]cc2)cc1. The molecule has 2 nitrogen and oxygen atoms in total. The average Bonchev–Trinajstić information content (AvgIpc) is 2.37. The Morgan fingerprint density at radius 2 is 1.63 bits per heavy atom. The molecule has 0 unspecified atom stereocenters. The van der Waals surface area contributed by atoms with Crippen molar-refractivity contribution in [3.05, 3.63) is 60.2 Å². The topological polar surface area (TPSA) is 21.3 Å². The highest BCUT2D eigenvalue weighted by molar-refractivity contribution is 5.43. The molecule has 1 radical (unpaired) electrons. The Kier molecular flexibility index (Phi) is 3.94. The van der Waals surface area contributed by atoms with Gasteiger partial charge in [0.1, 0.15) is 5.75 Å². The van der Waals surface area contributed by atoms with E-state index >= 15 is 0 Å². The molecule has 0 amide bonds. The second-order valence-corrected chi connectivity index (χ2v) is 3.83. The molecule has 1 N–H and O–H groups in total. The summed E-state index contributed by atoms with van der Waals surface area (Å²) in [6.07, 6.45) is -4.65. The largest absolute Gasteiger partial charge is 0.573 e. The number of benzene rings is 2. The molecular formula is C14H11F3NO. The first kappa shape index (κ1) is 13.3. The third-order valence-electron chi connectivity index (χ3n) is 2.37. The number of nitrogens with one attached hydrogen (secondary N) is 1. The van der Waals surface area contributed by atoms with Gasteiger partial charge in [0.05, 0.1) is 0 Å². The zero-order valence-electron chi connectivity index (χ0n) is 9.87. The van der Waals surface area contributed by atoms with Crippen molar-refractivity contribution in [1.29, 1.82) is 0 Å². The van der Waals surface area contributed by atoms with Crippen LogP contribution in [0.15, 0.2) is 48.5 Å². The summed E-state index contributed by atoms with van der Waals surface area (Å²) in [7, 11) is 0. The quantitative estimate of drug-likeness (QED) is 0.903. The number of hydrogen-bond acceptors (Lipinski definition) is 2. The Hall–Kier alpha value is -2.17. The molecule has 0 aliphatic heterocycles. The predicted molar refractivity (Wildman–Crippen MR) is 65.7 cm³/mol. The fourth-order valence-electron chi connectivity index (χ4n) is 1.52. The maximum atomic E-state index is 12.0. The van der Waals surface area contributed by atoms with Gasteiger partial charge in [0.15, 0.2) is 0 Å².